The summed E-state index contributed by atoms with van der Waals surface area (Å²) in [6, 6.07) is 3.62. The number of nitro benzene ring substituents is 2. The number of likely N-dealkylation sites (N-methyl/N-ethyl adjacent to an activating group) is 1. The van der Waals surface area contributed by atoms with Crippen LogP contribution in [0.2, 0.25) is 0 Å². The van der Waals surface area contributed by atoms with Crippen LogP contribution in [0.4, 0.5) is 17.1 Å². The highest BCUT2D eigenvalue weighted by atomic mass is 16.6. The Morgan fingerprint density at radius 3 is 2.38 bits per heavy atom. The molecule has 0 saturated heterocycles. The Kier molecular flexibility index (Phi) is 6.54. The van der Waals surface area contributed by atoms with E-state index in [1.165, 1.54) is 12.1 Å². The van der Waals surface area contributed by atoms with Crippen LogP contribution in [0.3, 0.4) is 0 Å². The number of hydrogen-bond donors (Lipinski definition) is 1. The maximum atomic E-state index is 11.0. The van der Waals surface area contributed by atoms with E-state index in [1.807, 2.05) is 0 Å². The van der Waals surface area contributed by atoms with Crippen molar-refractivity contribution in [1.29, 1.82) is 0 Å². The first-order chi connectivity index (χ1) is 9.99. The van der Waals surface area contributed by atoms with Crippen molar-refractivity contribution in [1.82, 2.24) is 4.90 Å². The number of anilines is 1. The van der Waals surface area contributed by atoms with Gasteiger partial charge in [0.2, 0.25) is 0 Å². The summed E-state index contributed by atoms with van der Waals surface area (Å²) in [6.07, 6.45) is 1.05. The van der Waals surface area contributed by atoms with Gasteiger partial charge in [-0.25, -0.2) is 0 Å². The number of hydrogen-bond acceptors (Lipinski definition) is 6. The zero-order valence-corrected chi connectivity index (χ0v) is 12.2. The molecule has 21 heavy (non-hydrogen) atoms. The van der Waals surface area contributed by atoms with Crippen molar-refractivity contribution in [2.75, 3.05) is 31.5 Å². The highest BCUT2D eigenvalue weighted by Crippen LogP contribution is 2.28. The van der Waals surface area contributed by atoms with E-state index >= 15 is 0 Å². The summed E-state index contributed by atoms with van der Waals surface area (Å²) >= 11 is 0. The molecule has 1 N–H and O–H groups in total. The Morgan fingerprint density at radius 2 is 1.86 bits per heavy atom. The minimum absolute atomic E-state index is 0.275. The summed E-state index contributed by atoms with van der Waals surface area (Å²) in [5.74, 6) is 0. The third-order valence-corrected chi connectivity index (χ3v) is 3.12. The molecule has 0 radical (unpaired) electrons. The lowest BCUT2D eigenvalue weighted by Gasteiger charge is -2.19. The van der Waals surface area contributed by atoms with E-state index in [2.05, 4.69) is 24.1 Å². The van der Waals surface area contributed by atoms with Crippen molar-refractivity contribution in [2.24, 2.45) is 0 Å². The van der Waals surface area contributed by atoms with E-state index in [0.29, 0.717) is 12.2 Å². The van der Waals surface area contributed by atoms with E-state index in [0.717, 1.165) is 32.1 Å². The highest BCUT2D eigenvalue weighted by Gasteiger charge is 2.19. The lowest BCUT2D eigenvalue weighted by molar-refractivity contribution is -0.393. The van der Waals surface area contributed by atoms with Crippen molar-refractivity contribution >= 4 is 17.1 Å². The summed E-state index contributed by atoms with van der Waals surface area (Å²) in [6.45, 7) is 7.35. The highest BCUT2D eigenvalue weighted by molar-refractivity contribution is 5.65. The first-order valence-corrected chi connectivity index (χ1v) is 6.88. The zero-order chi connectivity index (χ0) is 15.8. The number of nitrogens with zero attached hydrogens (tertiary/aromatic N) is 3. The molecule has 0 aromatic heterocycles. The second-order valence-electron chi connectivity index (χ2n) is 4.58. The first-order valence-electron chi connectivity index (χ1n) is 6.88. The fourth-order valence-corrected chi connectivity index (χ4v) is 2.03. The van der Waals surface area contributed by atoms with Crippen molar-refractivity contribution < 1.29 is 9.85 Å². The topological polar surface area (TPSA) is 102 Å². The van der Waals surface area contributed by atoms with Crippen molar-refractivity contribution in [3.8, 4) is 0 Å². The smallest absolute Gasteiger partial charge is 0.299 e. The Bertz CT molecular complexity index is 507. The van der Waals surface area contributed by atoms with Gasteiger partial charge >= 0.3 is 0 Å². The molecule has 116 valence electrons. The predicted molar refractivity (Wildman–Crippen MR) is 80.6 cm³/mol. The van der Waals surface area contributed by atoms with Gasteiger partial charge in [-0.2, -0.15) is 0 Å². The fraction of sp³-hybridized carbons (Fsp3) is 0.538. The third kappa shape index (κ3) is 4.99. The maximum absolute atomic E-state index is 11.0. The van der Waals surface area contributed by atoms with Crippen LogP contribution in [0.1, 0.15) is 20.3 Å². The van der Waals surface area contributed by atoms with Gasteiger partial charge < -0.3 is 10.2 Å². The number of nitrogens with one attached hydrogen (secondary N) is 1. The molecule has 0 aliphatic carbocycles. The number of rotatable bonds is 9. The van der Waals surface area contributed by atoms with Crippen LogP contribution in [0.15, 0.2) is 18.2 Å². The van der Waals surface area contributed by atoms with Gasteiger partial charge in [0, 0.05) is 19.2 Å². The SMILES string of the molecule is CCCN(CC)CCNc1ccc([N+](=O)[O-])cc1[N+](=O)[O-]. The van der Waals surface area contributed by atoms with Gasteiger partial charge in [0.05, 0.1) is 15.9 Å². The van der Waals surface area contributed by atoms with E-state index in [4.69, 9.17) is 0 Å². The van der Waals surface area contributed by atoms with Gasteiger partial charge in [-0.15, -0.1) is 0 Å². The molecule has 8 heteroatoms. The van der Waals surface area contributed by atoms with Crippen LogP contribution in [0.25, 0.3) is 0 Å². The third-order valence-electron chi connectivity index (χ3n) is 3.12. The lowest BCUT2D eigenvalue weighted by atomic mass is 10.2. The van der Waals surface area contributed by atoms with E-state index < -0.39 is 9.85 Å². The van der Waals surface area contributed by atoms with Crippen LogP contribution >= 0.6 is 0 Å². The molecule has 0 unspecified atom stereocenters. The molecule has 0 spiro atoms. The standard InChI is InChI=1S/C13H20N4O4/c1-3-8-15(4-2)9-7-14-12-6-5-11(16(18)19)10-13(12)17(20)21/h5-6,10,14H,3-4,7-9H2,1-2H3. The molecule has 0 amide bonds. The molecule has 0 fully saturated rings. The van der Waals surface area contributed by atoms with Gasteiger partial charge in [0.25, 0.3) is 11.4 Å². The molecule has 0 saturated carbocycles. The number of nitro groups is 2. The predicted octanol–water partition coefficient (Wildman–Crippen LogP) is 2.65. The quantitative estimate of drug-likeness (QED) is 0.555. The average molecular weight is 296 g/mol. The molecule has 0 aliphatic rings. The molecular weight excluding hydrogens is 276 g/mol. The summed E-state index contributed by atoms with van der Waals surface area (Å²) in [5, 5.41) is 24.6. The van der Waals surface area contributed by atoms with Gasteiger partial charge in [0.15, 0.2) is 0 Å². The molecule has 0 heterocycles. The summed E-state index contributed by atoms with van der Waals surface area (Å²) in [7, 11) is 0. The van der Waals surface area contributed by atoms with Crippen LogP contribution in [-0.2, 0) is 0 Å². The van der Waals surface area contributed by atoms with E-state index in [-0.39, 0.29) is 11.4 Å². The second-order valence-corrected chi connectivity index (χ2v) is 4.58. The van der Waals surface area contributed by atoms with Gasteiger partial charge in [-0.3, -0.25) is 20.2 Å². The summed E-state index contributed by atoms with van der Waals surface area (Å²) in [5.41, 5.74) is -0.255. The molecule has 1 aromatic carbocycles. The monoisotopic (exact) mass is 296 g/mol. The van der Waals surface area contributed by atoms with Crippen molar-refractivity contribution in [3.63, 3.8) is 0 Å². The van der Waals surface area contributed by atoms with Crippen LogP contribution < -0.4 is 5.32 Å². The molecule has 1 aromatic rings. The molecular formula is C13H20N4O4. The lowest BCUT2D eigenvalue weighted by Crippen LogP contribution is -2.29. The maximum Gasteiger partial charge on any atom is 0.299 e. The Balaban J connectivity index is 2.74. The molecule has 8 nitrogen and oxygen atoms in total. The first kappa shape index (κ1) is 16.8. The number of benzene rings is 1. The number of non-ortho nitro benzene ring substituents is 1. The minimum atomic E-state index is -0.642. The van der Waals surface area contributed by atoms with Crippen LogP contribution in [0, 0.1) is 20.2 Å². The van der Waals surface area contributed by atoms with Gasteiger partial charge in [-0.1, -0.05) is 13.8 Å². The van der Waals surface area contributed by atoms with Crippen molar-refractivity contribution in [3.05, 3.63) is 38.4 Å². The van der Waals surface area contributed by atoms with E-state index in [9.17, 15) is 20.2 Å². The average Bonchev–Trinajstić information content (AvgIpc) is 2.46. The van der Waals surface area contributed by atoms with Gasteiger partial charge in [-0.05, 0) is 25.6 Å². The summed E-state index contributed by atoms with van der Waals surface area (Å²) in [4.78, 5) is 22.6. The van der Waals surface area contributed by atoms with Crippen molar-refractivity contribution in [2.45, 2.75) is 20.3 Å². The molecule has 0 aliphatic heterocycles. The summed E-state index contributed by atoms with van der Waals surface area (Å²) < 4.78 is 0. The fourth-order valence-electron chi connectivity index (χ4n) is 2.03. The Hall–Kier alpha value is -2.22. The van der Waals surface area contributed by atoms with Gasteiger partial charge in [0.1, 0.15) is 5.69 Å². The molecule has 0 bridgehead atoms. The zero-order valence-electron chi connectivity index (χ0n) is 12.2. The largest absolute Gasteiger partial charge is 0.378 e. The minimum Gasteiger partial charge on any atom is -0.378 e. The normalized spacial score (nSPS) is 10.6. The Morgan fingerprint density at radius 1 is 1.14 bits per heavy atom. The Labute approximate surface area is 123 Å². The second kappa shape index (κ2) is 8.15. The van der Waals surface area contributed by atoms with Crippen LogP contribution in [-0.4, -0.2) is 40.9 Å². The van der Waals surface area contributed by atoms with Crippen LogP contribution in [0.5, 0.6) is 0 Å². The van der Waals surface area contributed by atoms with E-state index in [1.54, 1.807) is 0 Å². The molecule has 0 atom stereocenters. The molecule has 1 rings (SSSR count).